The fraction of sp³-hybridized carbons (Fsp3) is 0.389. The lowest BCUT2D eigenvalue weighted by molar-refractivity contribution is -0.123. The molecule has 2 heterocycles. The number of amides is 3. The summed E-state index contributed by atoms with van der Waals surface area (Å²) < 4.78 is 0. The first-order valence-electron chi connectivity index (χ1n) is 8.64. The minimum Gasteiger partial charge on any atom is -0.369 e. The van der Waals surface area contributed by atoms with Gasteiger partial charge in [0.15, 0.2) is 0 Å². The molecular weight excluding hydrogens is 354 g/mol. The van der Waals surface area contributed by atoms with E-state index in [9.17, 15) is 9.59 Å². The van der Waals surface area contributed by atoms with Crippen LogP contribution in [-0.2, 0) is 4.79 Å². The van der Waals surface area contributed by atoms with Crippen LogP contribution in [0.15, 0.2) is 30.5 Å². The van der Waals surface area contributed by atoms with Crippen molar-refractivity contribution in [3.63, 3.8) is 0 Å². The Balaban J connectivity index is 1.52. The third-order valence-electron chi connectivity index (χ3n) is 4.59. The number of carbonyl (C=O) groups excluding carboxylic acids is 2. The van der Waals surface area contributed by atoms with Gasteiger partial charge in [0.25, 0.3) is 0 Å². The molecule has 3 rings (SSSR count). The predicted octanol–water partition coefficient (Wildman–Crippen LogP) is 2.21. The maximum Gasteiger partial charge on any atom is 0.319 e. The van der Waals surface area contributed by atoms with Crippen molar-refractivity contribution in [3.8, 4) is 0 Å². The molecule has 3 amide bonds. The maximum absolute atomic E-state index is 12.2. The molecule has 0 aliphatic carbocycles. The van der Waals surface area contributed by atoms with E-state index in [2.05, 4.69) is 20.5 Å². The molecule has 0 bridgehead atoms. The van der Waals surface area contributed by atoms with Crippen molar-refractivity contribution in [3.05, 3.63) is 35.5 Å². The first kappa shape index (κ1) is 18.4. The van der Waals surface area contributed by atoms with Crippen molar-refractivity contribution >= 4 is 40.1 Å². The van der Waals surface area contributed by atoms with E-state index in [0.717, 1.165) is 24.8 Å². The summed E-state index contributed by atoms with van der Waals surface area (Å²) in [7, 11) is 0. The highest BCUT2D eigenvalue weighted by Gasteiger charge is 2.23. The van der Waals surface area contributed by atoms with Gasteiger partial charge < -0.3 is 21.3 Å². The Morgan fingerprint density at radius 3 is 3.00 bits per heavy atom. The fourth-order valence-corrected chi connectivity index (χ4v) is 3.45. The summed E-state index contributed by atoms with van der Waals surface area (Å²) in [5.41, 5.74) is 6.69. The van der Waals surface area contributed by atoms with Gasteiger partial charge >= 0.3 is 6.03 Å². The zero-order valence-electron chi connectivity index (χ0n) is 14.4. The quantitative estimate of drug-likeness (QED) is 0.745. The molecule has 1 aromatic carbocycles. The second-order valence-corrected chi connectivity index (χ2v) is 6.82. The number of halogens is 1. The van der Waals surface area contributed by atoms with E-state index in [1.165, 1.54) is 0 Å². The number of nitrogens with zero attached hydrogens (tertiary/aromatic N) is 2. The minimum atomic E-state index is -0.291. The lowest BCUT2D eigenvalue weighted by Crippen LogP contribution is -2.44. The van der Waals surface area contributed by atoms with Crippen LogP contribution in [-0.4, -0.2) is 48.0 Å². The molecule has 0 radical (unpaired) electrons. The van der Waals surface area contributed by atoms with Gasteiger partial charge in [-0.15, -0.1) is 0 Å². The van der Waals surface area contributed by atoms with Crippen molar-refractivity contribution in [1.82, 2.24) is 15.2 Å². The number of likely N-dealkylation sites (tertiary alicyclic amines) is 1. The number of aromatic nitrogens is 1. The molecular formula is C18H22ClN5O2. The van der Waals surface area contributed by atoms with Crippen LogP contribution in [0.25, 0.3) is 10.9 Å². The summed E-state index contributed by atoms with van der Waals surface area (Å²) in [6.07, 6.45) is 3.46. The number of pyridine rings is 1. The number of nitrogens with two attached hydrogens (primary N) is 1. The third kappa shape index (κ3) is 4.42. The van der Waals surface area contributed by atoms with E-state index in [0.29, 0.717) is 35.9 Å². The number of rotatable bonds is 5. The molecule has 0 spiro atoms. The Morgan fingerprint density at radius 2 is 2.19 bits per heavy atom. The molecule has 138 valence electrons. The molecule has 0 saturated carbocycles. The first-order chi connectivity index (χ1) is 12.5. The zero-order valence-corrected chi connectivity index (χ0v) is 15.1. The molecule has 1 aliphatic heterocycles. The highest BCUT2D eigenvalue weighted by Crippen LogP contribution is 2.27. The number of hydrogen-bond donors (Lipinski definition) is 3. The van der Waals surface area contributed by atoms with Gasteiger partial charge in [-0.05, 0) is 43.7 Å². The molecule has 1 aliphatic rings. The highest BCUT2D eigenvalue weighted by molar-refractivity contribution is 6.35. The summed E-state index contributed by atoms with van der Waals surface area (Å²) in [6.45, 7) is 2.74. The zero-order chi connectivity index (χ0) is 18.5. The average molecular weight is 376 g/mol. The number of anilines is 1. The molecule has 8 heteroatoms. The molecule has 26 heavy (non-hydrogen) atoms. The van der Waals surface area contributed by atoms with E-state index >= 15 is 0 Å². The van der Waals surface area contributed by atoms with Crippen molar-refractivity contribution in [2.24, 2.45) is 11.7 Å². The van der Waals surface area contributed by atoms with Crippen LogP contribution in [0.3, 0.4) is 0 Å². The standard InChI is InChI=1S/C18H22ClN5O2/c19-14-5-6-15(13-4-1-7-21-16(13)14)23-18(26)22-8-10-24-9-2-3-12(11-24)17(20)25/h1,4-7,12H,2-3,8-11H2,(H2,20,25)(H2,22,23,26). The summed E-state index contributed by atoms with van der Waals surface area (Å²) in [6, 6.07) is 6.84. The molecule has 1 unspecified atom stereocenters. The smallest absolute Gasteiger partial charge is 0.319 e. The van der Waals surface area contributed by atoms with E-state index < -0.39 is 0 Å². The number of fused-ring (bicyclic) bond motifs is 1. The first-order valence-corrected chi connectivity index (χ1v) is 9.02. The van der Waals surface area contributed by atoms with Gasteiger partial charge in [0.1, 0.15) is 0 Å². The number of primary amides is 1. The summed E-state index contributed by atoms with van der Waals surface area (Å²) >= 11 is 6.14. The van der Waals surface area contributed by atoms with Crippen LogP contribution in [0.1, 0.15) is 12.8 Å². The van der Waals surface area contributed by atoms with Gasteiger partial charge in [0, 0.05) is 31.2 Å². The van der Waals surface area contributed by atoms with E-state index in [-0.39, 0.29) is 17.9 Å². The SMILES string of the molecule is NC(=O)C1CCCN(CCNC(=O)Nc2ccc(Cl)c3ncccc23)C1. The van der Waals surface area contributed by atoms with Gasteiger partial charge in [-0.3, -0.25) is 9.78 Å². The average Bonchev–Trinajstić information content (AvgIpc) is 2.64. The largest absolute Gasteiger partial charge is 0.369 e. The van der Waals surface area contributed by atoms with Crippen molar-refractivity contribution in [1.29, 1.82) is 0 Å². The van der Waals surface area contributed by atoms with Crippen LogP contribution in [0, 0.1) is 5.92 Å². The lowest BCUT2D eigenvalue weighted by atomic mass is 9.97. The monoisotopic (exact) mass is 375 g/mol. The molecule has 7 nitrogen and oxygen atoms in total. The Kier molecular flexibility index (Phi) is 5.90. The van der Waals surface area contributed by atoms with Crippen LogP contribution in [0.2, 0.25) is 5.02 Å². The normalized spacial score (nSPS) is 17.8. The number of hydrogen-bond acceptors (Lipinski definition) is 4. The van der Waals surface area contributed by atoms with Gasteiger partial charge in [-0.25, -0.2) is 4.79 Å². The third-order valence-corrected chi connectivity index (χ3v) is 4.90. The number of urea groups is 1. The van der Waals surface area contributed by atoms with Crippen LogP contribution >= 0.6 is 11.6 Å². The van der Waals surface area contributed by atoms with Gasteiger partial charge in [-0.1, -0.05) is 11.6 Å². The van der Waals surface area contributed by atoms with Gasteiger partial charge in [-0.2, -0.15) is 0 Å². The lowest BCUT2D eigenvalue weighted by Gasteiger charge is -2.31. The predicted molar refractivity (Wildman–Crippen MR) is 102 cm³/mol. The Hall–Kier alpha value is -2.38. The second kappa shape index (κ2) is 8.33. The minimum absolute atomic E-state index is 0.0921. The van der Waals surface area contributed by atoms with Crippen molar-refractivity contribution < 1.29 is 9.59 Å². The van der Waals surface area contributed by atoms with Gasteiger partial charge in [0.05, 0.1) is 22.1 Å². The summed E-state index contributed by atoms with van der Waals surface area (Å²) in [4.78, 5) is 29.9. The Labute approximate surface area is 156 Å². The molecule has 1 fully saturated rings. The molecule has 1 aromatic heterocycles. The molecule has 1 atom stereocenters. The van der Waals surface area contributed by atoms with Crippen molar-refractivity contribution in [2.75, 3.05) is 31.5 Å². The van der Waals surface area contributed by atoms with Gasteiger partial charge in [0.2, 0.25) is 5.91 Å². The van der Waals surface area contributed by atoms with Crippen LogP contribution < -0.4 is 16.4 Å². The highest BCUT2D eigenvalue weighted by atomic mass is 35.5. The summed E-state index contributed by atoms with van der Waals surface area (Å²) in [5.74, 6) is -0.339. The number of carbonyl (C=O) groups is 2. The molecule has 1 saturated heterocycles. The molecule has 2 aromatic rings. The summed E-state index contributed by atoms with van der Waals surface area (Å²) in [5, 5.41) is 7.01. The van der Waals surface area contributed by atoms with Crippen molar-refractivity contribution in [2.45, 2.75) is 12.8 Å². The molecule has 4 N–H and O–H groups in total. The fourth-order valence-electron chi connectivity index (χ4n) is 3.23. The Morgan fingerprint density at radius 1 is 1.35 bits per heavy atom. The number of nitrogens with one attached hydrogen (secondary N) is 2. The van der Waals surface area contributed by atoms with E-state index in [4.69, 9.17) is 17.3 Å². The van der Waals surface area contributed by atoms with Crippen LogP contribution in [0.4, 0.5) is 10.5 Å². The van der Waals surface area contributed by atoms with E-state index in [1.54, 1.807) is 24.4 Å². The number of benzene rings is 1. The number of piperidine rings is 1. The second-order valence-electron chi connectivity index (χ2n) is 6.42. The van der Waals surface area contributed by atoms with Crippen LogP contribution in [0.5, 0.6) is 0 Å². The topological polar surface area (TPSA) is 100 Å². The maximum atomic E-state index is 12.2. The Bertz CT molecular complexity index is 813. The van der Waals surface area contributed by atoms with E-state index in [1.807, 2.05) is 6.07 Å².